The molecule has 2 unspecified atom stereocenters. The molecule has 37 nitrogen and oxygen atoms in total. The van der Waals surface area contributed by atoms with Gasteiger partial charge in [-0.15, -0.1) is 0 Å². The highest BCUT2D eigenvalue weighted by Crippen LogP contribution is 2.54. The van der Waals surface area contributed by atoms with Crippen molar-refractivity contribution in [2.45, 2.75) is 320 Å². The van der Waals surface area contributed by atoms with Crippen LogP contribution in [0.2, 0.25) is 0 Å². The van der Waals surface area contributed by atoms with Gasteiger partial charge in [0.05, 0.1) is 190 Å². The van der Waals surface area contributed by atoms with Crippen molar-refractivity contribution in [2.24, 2.45) is 82.9 Å². The van der Waals surface area contributed by atoms with E-state index in [-0.39, 0.29) is 109 Å². The van der Waals surface area contributed by atoms with Crippen LogP contribution in [-0.2, 0) is 6.54 Å². The van der Waals surface area contributed by atoms with Crippen LogP contribution in [0.1, 0.15) is 105 Å². The second-order valence-corrected chi connectivity index (χ2v) is 41.4. The number of aliphatic hydroxyl groups excluding tert-OH is 24. The van der Waals surface area contributed by atoms with Crippen molar-refractivity contribution in [1.82, 2.24) is 63.4 Å². The highest BCUT2D eigenvalue weighted by atomic mass is 19.4. The summed E-state index contributed by atoms with van der Waals surface area (Å²) in [5.74, 6) is -14.2. The minimum Gasteiger partial charge on any atom is -0.396 e. The molecule has 15 rings (SSSR count). The number of nitrogens with one attached hydrogen (secondary N) is 11. The van der Waals surface area contributed by atoms with Gasteiger partial charge in [-0.1, -0.05) is 58.0 Å². The zero-order chi connectivity index (χ0) is 113. The molecule has 2 aliphatic carbocycles. The molecule has 2 saturated carbocycles. The van der Waals surface area contributed by atoms with E-state index in [0.717, 1.165) is 31.9 Å². The van der Waals surface area contributed by atoms with Crippen molar-refractivity contribution < 1.29 is 207 Å². The maximum atomic E-state index is 12.8. The van der Waals surface area contributed by atoms with E-state index in [1.165, 1.54) is 12.8 Å². The van der Waals surface area contributed by atoms with E-state index in [0.29, 0.717) is 96.5 Å². The van der Waals surface area contributed by atoms with Crippen LogP contribution in [0.3, 0.4) is 0 Å². The Hall–Kier alpha value is -3.52. The Kier molecular flexibility index (Phi) is 62.8. The van der Waals surface area contributed by atoms with Crippen LogP contribution in [0.25, 0.3) is 0 Å². The molecule has 0 bridgehead atoms. The van der Waals surface area contributed by atoms with Gasteiger partial charge in [0.25, 0.3) is 11.8 Å². The summed E-state index contributed by atoms with van der Waals surface area (Å²) in [7, 11) is 0. The average Bonchev–Trinajstić information content (AvgIpc) is 1.60. The summed E-state index contributed by atoms with van der Waals surface area (Å²) in [6.45, 7) is 14.5. The van der Waals surface area contributed by atoms with Crippen molar-refractivity contribution in [1.29, 1.82) is 0 Å². The van der Waals surface area contributed by atoms with Crippen LogP contribution >= 0.6 is 0 Å². The van der Waals surface area contributed by atoms with E-state index in [1.54, 1.807) is 25.7 Å². The summed E-state index contributed by atoms with van der Waals surface area (Å²) in [5, 5.41) is 263. The Labute approximate surface area is 863 Å². The van der Waals surface area contributed by atoms with Crippen molar-refractivity contribution in [3.8, 4) is 0 Å². The molecular formula is C95H172F18N12O25. The van der Waals surface area contributed by atoms with Gasteiger partial charge in [0.15, 0.2) is 0 Å². The van der Waals surface area contributed by atoms with Gasteiger partial charge in [0.1, 0.15) is 5.60 Å². The fraction of sp³-hybridized carbons (Fsp3) is 0.937. The van der Waals surface area contributed by atoms with Crippen LogP contribution < -0.4 is 58.5 Å². The molecular weight excluding hydrogens is 2050 g/mol. The molecule has 150 heavy (non-hydrogen) atoms. The highest BCUT2D eigenvalue weighted by molar-refractivity contribution is 5.15. The van der Waals surface area contributed by atoms with Crippen LogP contribution in [-0.4, -0.2) is 504 Å². The number of β-amino-alcohol motifs (C(OH)–C–C–N with tert-alkyl or cyclic N) is 12. The Morgan fingerprint density at radius 2 is 0.753 bits per heavy atom. The maximum Gasteiger partial charge on any atom is 0.395 e. The summed E-state index contributed by atoms with van der Waals surface area (Å²) < 4.78 is 223. The van der Waals surface area contributed by atoms with Gasteiger partial charge in [-0.05, 0) is 70.3 Å². The van der Waals surface area contributed by atoms with E-state index >= 15 is 0 Å². The topological polar surface area (TPSA) is 641 Å². The van der Waals surface area contributed by atoms with Crippen molar-refractivity contribution >= 4 is 0 Å². The Balaban J connectivity index is 0.000000341. The average molecular weight is 2220 g/mol. The van der Waals surface area contributed by atoms with Gasteiger partial charge < -0.3 is 186 Å². The van der Waals surface area contributed by atoms with Gasteiger partial charge in [0.2, 0.25) is 25.7 Å². The Morgan fingerprint density at radius 1 is 0.393 bits per heavy atom. The first-order valence-electron chi connectivity index (χ1n) is 51.5. The number of likely N-dealkylation sites (tertiary alicyclic amines) is 1. The van der Waals surface area contributed by atoms with Crippen molar-refractivity contribution in [2.75, 3.05) is 158 Å². The van der Waals surface area contributed by atoms with Crippen LogP contribution in [0.15, 0.2) is 30.3 Å². The Morgan fingerprint density at radius 3 is 1.11 bits per heavy atom. The van der Waals surface area contributed by atoms with E-state index in [1.807, 2.05) is 44.2 Å². The second-order valence-electron chi connectivity index (χ2n) is 41.4. The third-order valence-corrected chi connectivity index (χ3v) is 29.9. The number of halogens is 18. The number of alkyl halides is 18. The van der Waals surface area contributed by atoms with E-state index in [4.69, 9.17) is 40.9 Å². The summed E-state index contributed by atoms with van der Waals surface area (Å²) in [4.78, 5) is 1.75. The van der Waals surface area contributed by atoms with E-state index in [9.17, 15) is 166 Å². The van der Waals surface area contributed by atoms with E-state index in [2.05, 4.69) is 58.5 Å². The molecule has 0 aromatic heterocycles. The van der Waals surface area contributed by atoms with Gasteiger partial charge >= 0.3 is 6.18 Å². The molecule has 55 heteroatoms. The highest BCUT2D eigenvalue weighted by Gasteiger charge is 2.63. The van der Waals surface area contributed by atoms with Gasteiger partial charge in [-0.2, -0.15) is 13.2 Å². The number of hydrogen-bond donors (Lipinski definition) is 36. The number of hydrogen-bond acceptors (Lipinski definition) is 37. The minimum absolute atomic E-state index is 0.00611. The predicted molar refractivity (Wildman–Crippen MR) is 512 cm³/mol. The molecule has 14 aliphatic rings. The first kappa shape index (κ1) is 139. The lowest BCUT2D eigenvalue weighted by Gasteiger charge is -2.39. The predicted octanol–water partition coefficient (Wildman–Crippen LogP) is -4.43. The molecule has 1 aromatic carbocycles. The van der Waals surface area contributed by atoms with Crippen molar-refractivity contribution in [3.05, 3.63) is 35.9 Å². The summed E-state index contributed by atoms with van der Waals surface area (Å²) in [6.07, 6.45) is -33.1. The van der Waals surface area contributed by atoms with Gasteiger partial charge in [-0.25, -0.2) is 52.7 Å². The normalized spacial score (nSPS) is 40.5. The van der Waals surface area contributed by atoms with Crippen LogP contribution in [0.4, 0.5) is 79.0 Å². The van der Waals surface area contributed by atoms with Crippen molar-refractivity contribution in [3.63, 3.8) is 0 Å². The third-order valence-electron chi connectivity index (χ3n) is 29.9. The fourth-order valence-corrected chi connectivity index (χ4v) is 20.0. The maximum absolute atomic E-state index is 12.8. The molecule has 0 radical (unpaired) electrons. The molecule has 36 N–H and O–H groups in total. The molecule has 12 saturated heterocycles. The minimum atomic E-state index is -4.45. The largest absolute Gasteiger partial charge is 0.396 e. The molecule has 12 aliphatic heterocycles. The number of aliphatic hydroxyl groups is 25. The molecule has 41 atom stereocenters. The number of piperidine rings is 12. The molecule has 0 spiro atoms. The second kappa shape index (κ2) is 67.9. The summed E-state index contributed by atoms with van der Waals surface area (Å²) >= 11 is 0. The van der Waals surface area contributed by atoms with Gasteiger partial charge in [-0.3, -0.25) is 18.1 Å². The van der Waals surface area contributed by atoms with E-state index < -0.39 is 281 Å². The Bertz CT molecular complexity index is 3570. The smallest absolute Gasteiger partial charge is 0.395 e. The summed E-state index contributed by atoms with van der Waals surface area (Å²) in [6, 6.07) is 8.66. The monoisotopic (exact) mass is 2220 g/mol. The zero-order valence-corrected chi connectivity index (χ0v) is 85.3. The van der Waals surface area contributed by atoms with Crippen LogP contribution in [0, 0.1) is 82.9 Å². The lowest BCUT2D eigenvalue weighted by molar-refractivity contribution is -0.217. The third kappa shape index (κ3) is 44.5. The number of rotatable bonds is 19. The summed E-state index contributed by atoms with van der Waals surface area (Å²) in [5.41, 5.74) is -0.0971. The zero-order valence-electron chi connectivity index (χ0n) is 85.3. The number of nitrogens with zero attached hydrogens (tertiary/aromatic N) is 1. The molecule has 14 fully saturated rings. The van der Waals surface area contributed by atoms with Gasteiger partial charge in [0, 0.05) is 228 Å². The fourth-order valence-electron chi connectivity index (χ4n) is 20.0. The molecule has 1 aromatic rings. The molecule has 0 amide bonds. The first-order valence-corrected chi connectivity index (χ1v) is 51.5. The standard InChI is InChI=1S/C13H17F2NO2.C8H13F2NO2.2C8H15F2NO2.2C8H16FNO2.C8H15NO2.2C7H13F2NO2.C7H14FNO2.C7H15NO3.C6H10F3NO2/c14-13(15)10-7-16(8-11(17)12(10)18)6-9-4-2-1-3-5-9;9-8(10)1-5(8)4-2-11-3-6(12)7(4)13;2*1-2-4-6(8(9)10)7(13)5(12)3-11-4;2*1-2-6-5(3-9)8(12)7(11)4-10-6;10-7-4-9-3-6(8(7)11)5-1-2-5;1-7(8,9)4-2-10-3-5(11)6(4)12;8-6(9)1-4-2-10-3-5(11)7(4)12;8-2-1-5-3-9-4-6(10)7(5)11;1-7(11)4-8-2-5(3-9)6(7)10;7-6(8,9)3-1-10-2-4(11)5(3)12/h1-5,10-13,17-18H,6-8H2;4-7,11-13H,1-3H2;2*4-8,11-13H,2-3H2,1H3;2*5-8,10-12H,2-4H2,1H3;5-11H,1-4H2;4-6,10-12H,2-3H2,1H3;4-7,10-12H,1-3H2;5-7,9-11H,1-4H2;5-6,8-11H,2-4H2,1H3;3-5,10-12H,1-2H2/t10-,11+,12+;4-,5?,6-,7-;4-,5+,6-,7-;4-,5-,6+,7+;5-,6+,7+,8+;5-,6-,7+,8+;6-,7-,8-;4-,5+,6+;4-,5+,7+;5-,6+,7+;5-,6-,7?;3-,4+,5+/m010100100010/s1. The molecule has 888 valence electrons. The lowest BCUT2D eigenvalue weighted by atomic mass is 9.85. The quantitative estimate of drug-likeness (QED) is 0.0581. The molecule has 12 heterocycles. The number of benzene rings is 1. The first-order chi connectivity index (χ1) is 70.2. The van der Waals surface area contributed by atoms with Crippen LogP contribution in [0.5, 0.6) is 0 Å². The SMILES string of the molecule is CC(F)(F)[C@H]1CNC[C@@H](O)[C@@H]1O.CC1(O)CNC[C@H](CO)[C@H]1O.CC[C@@H]1NC[C@@H](O)[C@H](O)[C@H]1C(F)F.CC[C@@H]1NC[C@@H](O)[C@H](O)[C@H]1CF.CC[C@H]1NC[C@@H](O)[C@H](O)[C@H]1C(F)F.CC[C@H]1NC[C@@H](O)[C@H](O)[C@H]1CF.O[C@@H]1[C@@H](CC(F)F)CNC[C@H]1O.O[C@@H]1[C@@H](CCF)CNC[C@H]1O.O[C@H]1[C@H](O)CN(Cc2ccccc2)C[C@@H]1C(F)F.O[C@H]1[C@H](O)CNC[C@@H]1C(F)(F)F.O[C@H]1[C@H](O)CNC[C@@H]1C1CC1.O[C@H]1[C@H](O)CNC[C@@H]1C1CC1(F)F. The lowest BCUT2D eigenvalue weighted by Crippen LogP contribution is -2.59.